The standard InChI is InChI=1S/C16H24N2O2/c1-16(2,13-8-4-5-9-14(13)20-3)18-15(19)11-12-7-6-10-17-12/h4-5,8-9,12,17H,6-7,10-11H2,1-3H3,(H,18,19). The van der Waals surface area contributed by atoms with E-state index < -0.39 is 5.54 Å². The number of para-hydroxylation sites is 1. The van der Waals surface area contributed by atoms with Gasteiger partial charge in [-0.2, -0.15) is 0 Å². The van der Waals surface area contributed by atoms with Crippen LogP contribution < -0.4 is 15.4 Å². The number of rotatable bonds is 5. The lowest BCUT2D eigenvalue weighted by molar-refractivity contribution is -0.123. The summed E-state index contributed by atoms with van der Waals surface area (Å²) < 4.78 is 5.38. The Morgan fingerprint density at radius 3 is 2.85 bits per heavy atom. The lowest BCUT2D eigenvalue weighted by Crippen LogP contribution is -2.43. The number of benzene rings is 1. The van der Waals surface area contributed by atoms with Crippen LogP contribution in [0.1, 0.15) is 38.7 Å². The SMILES string of the molecule is COc1ccccc1C(C)(C)NC(=O)CC1CCCN1. The van der Waals surface area contributed by atoms with Gasteiger partial charge in [-0.15, -0.1) is 0 Å². The molecule has 1 heterocycles. The van der Waals surface area contributed by atoms with E-state index >= 15 is 0 Å². The van der Waals surface area contributed by atoms with Gasteiger partial charge in [0.25, 0.3) is 0 Å². The Balaban J connectivity index is 2.03. The lowest BCUT2D eigenvalue weighted by Gasteiger charge is -2.29. The normalized spacial score (nSPS) is 18.9. The number of carbonyl (C=O) groups excluding carboxylic acids is 1. The summed E-state index contributed by atoms with van der Waals surface area (Å²) in [6.07, 6.45) is 2.79. The average molecular weight is 276 g/mol. The number of nitrogens with one attached hydrogen (secondary N) is 2. The Kier molecular flexibility index (Phi) is 4.65. The van der Waals surface area contributed by atoms with Crippen molar-refractivity contribution in [3.63, 3.8) is 0 Å². The summed E-state index contributed by atoms with van der Waals surface area (Å²) in [7, 11) is 1.65. The zero-order valence-electron chi connectivity index (χ0n) is 12.5. The van der Waals surface area contributed by atoms with Gasteiger partial charge in [0.2, 0.25) is 5.91 Å². The smallest absolute Gasteiger partial charge is 0.222 e. The molecular weight excluding hydrogens is 252 g/mol. The van der Waals surface area contributed by atoms with Crippen molar-refractivity contribution in [2.45, 2.75) is 44.7 Å². The summed E-state index contributed by atoms with van der Waals surface area (Å²) in [5.41, 5.74) is 0.553. The first-order chi connectivity index (χ1) is 9.53. The molecule has 0 aromatic heterocycles. The van der Waals surface area contributed by atoms with Gasteiger partial charge in [0.15, 0.2) is 0 Å². The maximum atomic E-state index is 12.2. The molecule has 2 rings (SSSR count). The molecule has 1 aromatic rings. The fourth-order valence-electron chi connectivity index (χ4n) is 2.78. The van der Waals surface area contributed by atoms with Crippen LogP contribution in [0.4, 0.5) is 0 Å². The van der Waals surface area contributed by atoms with Gasteiger partial charge in [-0.25, -0.2) is 0 Å². The second-order valence-electron chi connectivity index (χ2n) is 5.87. The van der Waals surface area contributed by atoms with E-state index in [2.05, 4.69) is 10.6 Å². The fourth-order valence-corrected chi connectivity index (χ4v) is 2.78. The number of carbonyl (C=O) groups is 1. The molecule has 1 aromatic carbocycles. The zero-order chi connectivity index (χ0) is 14.6. The Hall–Kier alpha value is -1.55. The Morgan fingerprint density at radius 2 is 2.20 bits per heavy atom. The molecule has 4 heteroatoms. The zero-order valence-corrected chi connectivity index (χ0v) is 12.5. The number of hydrogen-bond donors (Lipinski definition) is 2. The predicted octanol–water partition coefficient (Wildman–Crippen LogP) is 2.19. The lowest BCUT2D eigenvalue weighted by atomic mass is 9.93. The number of ether oxygens (including phenoxy) is 1. The van der Waals surface area contributed by atoms with Crippen molar-refractivity contribution in [1.82, 2.24) is 10.6 Å². The molecule has 4 nitrogen and oxygen atoms in total. The molecule has 0 bridgehead atoms. The van der Waals surface area contributed by atoms with Crippen molar-refractivity contribution in [3.05, 3.63) is 29.8 Å². The van der Waals surface area contributed by atoms with Crippen LogP contribution in [-0.4, -0.2) is 25.6 Å². The van der Waals surface area contributed by atoms with Crippen molar-refractivity contribution in [3.8, 4) is 5.75 Å². The molecule has 2 N–H and O–H groups in total. The Morgan fingerprint density at radius 1 is 1.45 bits per heavy atom. The van der Waals surface area contributed by atoms with Gasteiger partial charge in [-0.3, -0.25) is 4.79 Å². The van der Waals surface area contributed by atoms with Gasteiger partial charge in [-0.1, -0.05) is 18.2 Å². The average Bonchev–Trinajstić information content (AvgIpc) is 2.90. The maximum absolute atomic E-state index is 12.2. The molecule has 1 atom stereocenters. The molecule has 1 saturated heterocycles. The number of amides is 1. The first kappa shape index (κ1) is 14.9. The van der Waals surface area contributed by atoms with Crippen LogP contribution in [0.25, 0.3) is 0 Å². The van der Waals surface area contributed by atoms with Crippen LogP contribution in [0.5, 0.6) is 5.75 Å². The predicted molar refractivity (Wildman–Crippen MR) is 79.8 cm³/mol. The highest BCUT2D eigenvalue weighted by Crippen LogP contribution is 2.29. The highest BCUT2D eigenvalue weighted by molar-refractivity contribution is 5.77. The van der Waals surface area contributed by atoms with Crippen LogP contribution in [-0.2, 0) is 10.3 Å². The van der Waals surface area contributed by atoms with Crippen LogP contribution in [0, 0.1) is 0 Å². The molecule has 0 radical (unpaired) electrons. The summed E-state index contributed by atoms with van der Waals surface area (Å²) in [4.78, 5) is 12.2. The first-order valence-electron chi connectivity index (χ1n) is 7.21. The second kappa shape index (κ2) is 6.27. The van der Waals surface area contributed by atoms with Gasteiger partial charge in [0.1, 0.15) is 5.75 Å². The van der Waals surface area contributed by atoms with E-state index in [1.165, 1.54) is 0 Å². The molecule has 1 aliphatic rings. The van der Waals surface area contributed by atoms with Gasteiger partial charge in [-0.05, 0) is 39.3 Å². The maximum Gasteiger partial charge on any atom is 0.222 e. The quantitative estimate of drug-likeness (QED) is 0.866. The minimum atomic E-state index is -0.442. The minimum Gasteiger partial charge on any atom is -0.496 e. The number of hydrogen-bond acceptors (Lipinski definition) is 3. The Bertz CT molecular complexity index is 465. The van der Waals surface area contributed by atoms with Crippen LogP contribution in [0.3, 0.4) is 0 Å². The molecule has 0 spiro atoms. The van der Waals surface area contributed by atoms with Crippen molar-refractivity contribution in [2.24, 2.45) is 0 Å². The molecule has 20 heavy (non-hydrogen) atoms. The van der Waals surface area contributed by atoms with Crippen molar-refractivity contribution in [1.29, 1.82) is 0 Å². The van der Waals surface area contributed by atoms with E-state index in [1.807, 2.05) is 38.1 Å². The van der Waals surface area contributed by atoms with E-state index in [0.717, 1.165) is 30.7 Å². The van der Waals surface area contributed by atoms with E-state index in [1.54, 1.807) is 7.11 Å². The summed E-state index contributed by atoms with van der Waals surface area (Å²) in [5, 5.41) is 6.47. The number of methoxy groups -OCH3 is 1. The molecule has 1 unspecified atom stereocenters. The van der Waals surface area contributed by atoms with Gasteiger partial charge in [0, 0.05) is 18.0 Å². The third-order valence-electron chi connectivity index (χ3n) is 3.83. The van der Waals surface area contributed by atoms with Crippen molar-refractivity contribution < 1.29 is 9.53 Å². The summed E-state index contributed by atoms with van der Waals surface area (Å²) in [6.45, 7) is 5.03. The molecule has 1 aliphatic heterocycles. The Labute approximate surface area is 120 Å². The molecule has 1 fully saturated rings. The second-order valence-corrected chi connectivity index (χ2v) is 5.87. The monoisotopic (exact) mass is 276 g/mol. The summed E-state index contributed by atoms with van der Waals surface area (Å²) in [6, 6.07) is 8.13. The van der Waals surface area contributed by atoms with Crippen LogP contribution in [0.2, 0.25) is 0 Å². The van der Waals surface area contributed by atoms with Crippen molar-refractivity contribution in [2.75, 3.05) is 13.7 Å². The third-order valence-corrected chi connectivity index (χ3v) is 3.83. The van der Waals surface area contributed by atoms with E-state index in [0.29, 0.717) is 12.5 Å². The first-order valence-corrected chi connectivity index (χ1v) is 7.21. The van der Waals surface area contributed by atoms with Gasteiger partial charge >= 0.3 is 0 Å². The van der Waals surface area contributed by atoms with Gasteiger partial charge < -0.3 is 15.4 Å². The van der Waals surface area contributed by atoms with E-state index in [9.17, 15) is 4.79 Å². The van der Waals surface area contributed by atoms with Crippen LogP contribution in [0.15, 0.2) is 24.3 Å². The van der Waals surface area contributed by atoms with Gasteiger partial charge in [0.05, 0.1) is 12.6 Å². The summed E-state index contributed by atoms with van der Waals surface area (Å²) >= 11 is 0. The topological polar surface area (TPSA) is 50.4 Å². The largest absolute Gasteiger partial charge is 0.496 e. The molecule has 0 saturated carbocycles. The van der Waals surface area contributed by atoms with E-state index in [4.69, 9.17) is 4.74 Å². The molecule has 0 aliphatic carbocycles. The van der Waals surface area contributed by atoms with Crippen molar-refractivity contribution >= 4 is 5.91 Å². The third kappa shape index (κ3) is 3.51. The van der Waals surface area contributed by atoms with Crippen LogP contribution >= 0.6 is 0 Å². The highest BCUT2D eigenvalue weighted by atomic mass is 16.5. The fraction of sp³-hybridized carbons (Fsp3) is 0.562. The molecular formula is C16H24N2O2. The molecule has 1 amide bonds. The highest BCUT2D eigenvalue weighted by Gasteiger charge is 2.27. The van der Waals surface area contributed by atoms with E-state index in [-0.39, 0.29) is 5.91 Å². The summed E-state index contributed by atoms with van der Waals surface area (Å²) in [5.74, 6) is 0.886. The molecule has 110 valence electrons. The minimum absolute atomic E-state index is 0.0836.